The van der Waals surface area contributed by atoms with Gasteiger partial charge >= 0.3 is 6.03 Å². The Bertz CT molecular complexity index is 936. The van der Waals surface area contributed by atoms with Gasteiger partial charge in [-0.15, -0.1) is 10.2 Å². The van der Waals surface area contributed by atoms with Crippen LogP contribution in [0.5, 0.6) is 0 Å². The summed E-state index contributed by atoms with van der Waals surface area (Å²) in [6.45, 7) is 1.80. The third-order valence-electron chi connectivity index (χ3n) is 4.38. The summed E-state index contributed by atoms with van der Waals surface area (Å²) in [6.07, 6.45) is 2.94. The van der Waals surface area contributed by atoms with Crippen LogP contribution < -0.4 is 10.2 Å². The highest BCUT2D eigenvalue weighted by Gasteiger charge is 2.23. The number of carbonyl (C=O) groups excluding carboxylic acids is 1. The van der Waals surface area contributed by atoms with Crippen molar-refractivity contribution in [2.45, 2.75) is 0 Å². The van der Waals surface area contributed by atoms with Gasteiger partial charge in [0, 0.05) is 26.2 Å². The van der Waals surface area contributed by atoms with Gasteiger partial charge in [0.05, 0.1) is 0 Å². The summed E-state index contributed by atoms with van der Waals surface area (Å²) < 4.78 is 28.9. The number of rotatable bonds is 3. The second-order valence-corrected chi connectivity index (χ2v) is 6.09. The second kappa shape index (κ2) is 7.55. The van der Waals surface area contributed by atoms with Crippen molar-refractivity contribution in [1.29, 1.82) is 0 Å². The van der Waals surface area contributed by atoms with Crippen molar-refractivity contribution in [3.63, 3.8) is 0 Å². The van der Waals surface area contributed by atoms with Gasteiger partial charge in [-0.25, -0.2) is 23.2 Å². The van der Waals surface area contributed by atoms with Gasteiger partial charge in [0.15, 0.2) is 11.6 Å². The number of nitrogens with zero attached hydrogens (tertiary/aromatic N) is 7. The van der Waals surface area contributed by atoms with Crippen molar-refractivity contribution in [3.05, 3.63) is 54.6 Å². The van der Waals surface area contributed by atoms with Crippen molar-refractivity contribution >= 4 is 17.5 Å². The summed E-state index contributed by atoms with van der Waals surface area (Å²) in [5.41, 5.74) is -0.440. The van der Waals surface area contributed by atoms with E-state index in [1.165, 1.54) is 28.3 Å². The lowest BCUT2D eigenvalue weighted by molar-refractivity contribution is 0.207. The molecule has 2 aromatic heterocycles. The van der Waals surface area contributed by atoms with Crippen molar-refractivity contribution in [3.8, 4) is 5.82 Å². The maximum Gasteiger partial charge on any atom is 0.322 e. The molecule has 0 atom stereocenters. The Hall–Kier alpha value is -3.63. The molecular formula is C17H16F2N8O. The monoisotopic (exact) mass is 386 g/mol. The van der Waals surface area contributed by atoms with Crippen molar-refractivity contribution in [2.24, 2.45) is 0 Å². The molecule has 0 spiro atoms. The van der Waals surface area contributed by atoms with Crippen LogP contribution >= 0.6 is 0 Å². The van der Waals surface area contributed by atoms with E-state index in [2.05, 4.69) is 25.6 Å². The molecule has 1 saturated heterocycles. The number of halogens is 2. The number of hydrogen-bond acceptors (Lipinski definition) is 6. The Morgan fingerprint density at radius 1 is 0.964 bits per heavy atom. The predicted octanol–water partition coefficient (Wildman–Crippen LogP) is 1.69. The Morgan fingerprint density at radius 3 is 2.25 bits per heavy atom. The first-order valence-corrected chi connectivity index (χ1v) is 8.55. The minimum Gasteiger partial charge on any atom is -0.352 e. The largest absolute Gasteiger partial charge is 0.352 e. The molecule has 3 heterocycles. The van der Waals surface area contributed by atoms with E-state index in [-0.39, 0.29) is 0 Å². The number of carbonyl (C=O) groups is 1. The molecule has 4 rings (SSSR count). The number of nitrogens with one attached hydrogen (secondary N) is 1. The number of urea groups is 1. The quantitative estimate of drug-likeness (QED) is 0.737. The van der Waals surface area contributed by atoms with Crippen LogP contribution in [0.15, 0.2) is 43.0 Å². The number of amides is 2. The number of para-hydroxylation sites is 1. The van der Waals surface area contributed by atoms with Crippen LogP contribution in [0.1, 0.15) is 0 Å². The predicted molar refractivity (Wildman–Crippen MR) is 96.1 cm³/mol. The summed E-state index contributed by atoms with van der Waals surface area (Å²) in [5.74, 6) is -0.403. The van der Waals surface area contributed by atoms with E-state index < -0.39 is 23.4 Å². The molecule has 11 heteroatoms. The van der Waals surface area contributed by atoms with E-state index in [9.17, 15) is 13.6 Å². The molecule has 0 unspecified atom stereocenters. The van der Waals surface area contributed by atoms with E-state index in [1.54, 1.807) is 6.07 Å². The lowest BCUT2D eigenvalue weighted by Crippen LogP contribution is -2.50. The number of hydrogen-bond donors (Lipinski definition) is 1. The molecule has 1 aromatic carbocycles. The average molecular weight is 386 g/mol. The number of aromatic nitrogens is 5. The van der Waals surface area contributed by atoms with Gasteiger partial charge in [0.25, 0.3) is 0 Å². The third-order valence-corrected chi connectivity index (χ3v) is 4.38. The van der Waals surface area contributed by atoms with Crippen molar-refractivity contribution < 1.29 is 13.6 Å². The maximum absolute atomic E-state index is 13.7. The molecule has 2 amide bonds. The van der Waals surface area contributed by atoms with Crippen molar-refractivity contribution in [1.82, 2.24) is 29.9 Å². The summed E-state index contributed by atoms with van der Waals surface area (Å²) in [4.78, 5) is 19.6. The Balaban J connectivity index is 1.36. The van der Waals surface area contributed by atoms with Crippen LogP contribution in [-0.4, -0.2) is 62.1 Å². The minimum absolute atomic E-state index is 0.383. The van der Waals surface area contributed by atoms with Gasteiger partial charge in [-0.05, 0) is 24.3 Å². The zero-order valence-electron chi connectivity index (χ0n) is 14.7. The molecule has 144 valence electrons. The molecule has 1 aliphatic heterocycles. The zero-order chi connectivity index (χ0) is 19.5. The highest BCUT2D eigenvalue weighted by Crippen LogP contribution is 2.19. The van der Waals surface area contributed by atoms with Gasteiger partial charge in [-0.1, -0.05) is 6.07 Å². The van der Waals surface area contributed by atoms with Gasteiger partial charge in [-0.3, -0.25) is 0 Å². The van der Waals surface area contributed by atoms with Crippen LogP contribution in [-0.2, 0) is 0 Å². The van der Waals surface area contributed by atoms with E-state index in [0.29, 0.717) is 37.8 Å². The van der Waals surface area contributed by atoms with Crippen LogP contribution in [0, 0.1) is 11.6 Å². The third kappa shape index (κ3) is 3.59. The zero-order valence-corrected chi connectivity index (χ0v) is 14.7. The SMILES string of the molecule is O=C(Nc1c(F)cccc1F)N1CCN(c2ccc(-n3cncn3)nn2)CC1. The summed E-state index contributed by atoms with van der Waals surface area (Å²) >= 11 is 0. The molecule has 28 heavy (non-hydrogen) atoms. The van der Waals surface area contributed by atoms with Crippen LogP contribution in [0.2, 0.25) is 0 Å². The van der Waals surface area contributed by atoms with Gasteiger partial charge in [0.2, 0.25) is 0 Å². The van der Waals surface area contributed by atoms with Crippen LogP contribution in [0.25, 0.3) is 5.82 Å². The molecule has 0 saturated carbocycles. The highest BCUT2D eigenvalue weighted by atomic mass is 19.1. The van der Waals surface area contributed by atoms with Gasteiger partial charge < -0.3 is 15.1 Å². The van der Waals surface area contributed by atoms with Crippen molar-refractivity contribution in [2.75, 3.05) is 36.4 Å². The average Bonchev–Trinajstić information content (AvgIpc) is 3.26. The van der Waals surface area contributed by atoms with E-state index in [0.717, 1.165) is 12.1 Å². The summed E-state index contributed by atoms with van der Waals surface area (Å²) in [5, 5.41) is 14.6. The first kappa shape index (κ1) is 17.8. The normalized spacial score (nSPS) is 14.2. The highest BCUT2D eigenvalue weighted by molar-refractivity contribution is 5.89. The molecule has 0 radical (unpaired) electrons. The molecule has 0 bridgehead atoms. The first-order valence-electron chi connectivity index (χ1n) is 8.55. The van der Waals surface area contributed by atoms with Gasteiger partial charge in [-0.2, -0.15) is 5.10 Å². The minimum atomic E-state index is -0.810. The topological polar surface area (TPSA) is 92.1 Å². The summed E-state index contributed by atoms with van der Waals surface area (Å²) in [7, 11) is 0. The van der Waals surface area contributed by atoms with Gasteiger partial charge in [0.1, 0.15) is 30.0 Å². The Kier molecular flexibility index (Phi) is 4.79. The lowest BCUT2D eigenvalue weighted by Gasteiger charge is -2.35. The smallest absolute Gasteiger partial charge is 0.322 e. The number of piperazine rings is 1. The fraction of sp³-hybridized carbons (Fsp3) is 0.235. The standard InChI is InChI=1S/C17H16F2N8O/c18-12-2-1-3-13(19)16(12)22-17(28)26-8-6-25(7-9-26)14-4-5-15(24-23-14)27-11-20-10-21-27/h1-5,10-11H,6-9H2,(H,22,28). The van der Waals surface area contributed by atoms with Crippen LogP contribution in [0.4, 0.5) is 25.1 Å². The molecule has 1 N–H and O–H groups in total. The van der Waals surface area contributed by atoms with Crippen LogP contribution in [0.3, 0.4) is 0 Å². The number of benzene rings is 1. The maximum atomic E-state index is 13.7. The number of anilines is 2. The molecule has 9 nitrogen and oxygen atoms in total. The Labute approximate surface area is 158 Å². The van der Waals surface area contributed by atoms with E-state index in [4.69, 9.17) is 0 Å². The molecule has 0 aliphatic carbocycles. The fourth-order valence-electron chi connectivity index (χ4n) is 2.88. The molecule has 3 aromatic rings. The van der Waals surface area contributed by atoms with E-state index in [1.807, 2.05) is 11.0 Å². The molecular weight excluding hydrogens is 370 g/mol. The first-order chi connectivity index (χ1) is 13.6. The second-order valence-electron chi connectivity index (χ2n) is 6.09. The molecule has 1 aliphatic rings. The fourth-order valence-corrected chi connectivity index (χ4v) is 2.88. The molecule has 1 fully saturated rings. The van der Waals surface area contributed by atoms with E-state index >= 15 is 0 Å². The summed E-state index contributed by atoms with van der Waals surface area (Å²) in [6, 6.07) is 6.48. The lowest BCUT2D eigenvalue weighted by atomic mass is 10.3. The Morgan fingerprint density at radius 2 is 1.64 bits per heavy atom.